The van der Waals surface area contributed by atoms with E-state index in [-0.39, 0.29) is 18.6 Å². The first-order chi connectivity index (χ1) is 17.5. The van der Waals surface area contributed by atoms with Crippen LogP contribution in [0.3, 0.4) is 0 Å². The molecule has 36 heavy (non-hydrogen) atoms. The van der Waals surface area contributed by atoms with Crippen LogP contribution >= 0.6 is 0 Å². The minimum Gasteiger partial charge on any atom is -0.489 e. The molecule has 0 aliphatic carbocycles. The van der Waals surface area contributed by atoms with Gasteiger partial charge in [-0.05, 0) is 48.6 Å². The van der Waals surface area contributed by atoms with Crippen LogP contribution in [0.1, 0.15) is 55.2 Å². The summed E-state index contributed by atoms with van der Waals surface area (Å²) in [5.41, 5.74) is 10.8. The average Bonchev–Trinajstić information content (AvgIpc) is 2.88. The number of aliphatic hydroxyl groups is 1. The van der Waals surface area contributed by atoms with Crippen molar-refractivity contribution in [1.29, 1.82) is 0 Å². The summed E-state index contributed by atoms with van der Waals surface area (Å²) in [5.74, 6) is 0.912. The van der Waals surface area contributed by atoms with E-state index in [1.807, 2.05) is 37.4 Å². The van der Waals surface area contributed by atoms with Gasteiger partial charge in [-0.1, -0.05) is 56.2 Å². The highest BCUT2D eigenvalue weighted by molar-refractivity contribution is 5.75. The predicted octanol–water partition coefficient (Wildman–Crippen LogP) is 3.64. The van der Waals surface area contributed by atoms with Gasteiger partial charge in [-0.15, -0.1) is 0 Å². The van der Waals surface area contributed by atoms with Gasteiger partial charge in [-0.25, -0.2) is 0 Å². The Morgan fingerprint density at radius 1 is 1.14 bits per heavy atom. The standard InChI is InChI=1S/C29H42N4O3/c1-22-19-33(2)28-17-27(14-13-25(28)16-26(20-34)32-22)36-21-24-11-9-23(10-12-24)18-31-29(35)8-6-4-3-5-7-15-30/h9-14,17,26,32,34H,1,3-8,15-16,18-21,30H2,2H3,(H,31,35). The van der Waals surface area contributed by atoms with Crippen molar-refractivity contribution < 1.29 is 14.6 Å². The Labute approximate surface area is 215 Å². The van der Waals surface area contributed by atoms with Crippen LogP contribution in [0.15, 0.2) is 54.7 Å². The molecule has 2 aromatic carbocycles. The third-order valence-corrected chi connectivity index (χ3v) is 6.52. The van der Waals surface area contributed by atoms with Gasteiger partial charge in [0.15, 0.2) is 0 Å². The number of carbonyl (C=O) groups excluding carboxylic acids is 1. The first kappa shape index (κ1) is 27.6. The maximum Gasteiger partial charge on any atom is 0.220 e. The Morgan fingerprint density at radius 2 is 1.86 bits per heavy atom. The largest absolute Gasteiger partial charge is 0.489 e. The molecule has 0 bridgehead atoms. The highest BCUT2D eigenvalue weighted by Crippen LogP contribution is 2.29. The molecule has 1 heterocycles. The van der Waals surface area contributed by atoms with Crippen molar-refractivity contribution in [2.45, 2.75) is 64.1 Å². The average molecular weight is 495 g/mol. The van der Waals surface area contributed by atoms with Gasteiger partial charge in [0.05, 0.1) is 19.2 Å². The van der Waals surface area contributed by atoms with E-state index < -0.39 is 0 Å². The quantitative estimate of drug-likeness (QED) is 0.317. The van der Waals surface area contributed by atoms with Crippen LogP contribution in [-0.4, -0.2) is 43.8 Å². The molecule has 2 aromatic rings. The molecule has 0 saturated carbocycles. The number of hydrogen-bond acceptors (Lipinski definition) is 6. The first-order valence-corrected chi connectivity index (χ1v) is 13.0. The predicted molar refractivity (Wildman–Crippen MR) is 146 cm³/mol. The molecule has 1 unspecified atom stereocenters. The van der Waals surface area contributed by atoms with Gasteiger partial charge in [0.2, 0.25) is 5.91 Å². The van der Waals surface area contributed by atoms with E-state index in [1.54, 1.807) is 0 Å². The van der Waals surface area contributed by atoms with Crippen molar-refractivity contribution in [1.82, 2.24) is 10.6 Å². The van der Waals surface area contributed by atoms with Gasteiger partial charge in [0.1, 0.15) is 12.4 Å². The zero-order valence-electron chi connectivity index (χ0n) is 21.6. The molecule has 196 valence electrons. The fourth-order valence-corrected chi connectivity index (χ4v) is 4.46. The number of likely N-dealkylation sites (N-methyl/N-ethyl adjacent to an activating group) is 1. The topological polar surface area (TPSA) is 99.9 Å². The number of nitrogens with zero attached hydrogens (tertiary/aromatic N) is 1. The molecule has 0 spiro atoms. The number of hydrogen-bond donors (Lipinski definition) is 4. The fraction of sp³-hybridized carbons (Fsp3) is 0.483. The number of fused-ring (bicyclic) bond motifs is 1. The number of carbonyl (C=O) groups is 1. The van der Waals surface area contributed by atoms with E-state index in [0.717, 1.165) is 73.3 Å². The molecule has 0 saturated heterocycles. The van der Waals surface area contributed by atoms with Crippen molar-refractivity contribution in [2.75, 3.05) is 31.6 Å². The zero-order valence-corrected chi connectivity index (χ0v) is 21.6. The maximum atomic E-state index is 12.1. The van der Waals surface area contributed by atoms with Gasteiger partial charge in [-0.2, -0.15) is 0 Å². The van der Waals surface area contributed by atoms with Crippen LogP contribution in [0, 0.1) is 0 Å². The third-order valence-electron chi connectivity index (χ3n) is 6.52. The van der Waals surface area contributed by atoms with Crippen molar-refractivity contribution in [3.63, 3.8) is 0 Å². The summed E-state index contributed by atoms with van der Waals surface area (Å²) in [5, 5.41) is 16.0. The van der Waals surface area contributed by atoms with Crippen LogP contribution in [0.2, 0.25) is 0 Å². The zero-order chi connectivity index (χ0) is 25.8. The highest BCUT2D eigenvalue weighted by Gasteiger charge is 2.19. The second-order valence-electron chi connectivity index (χ2n) is 9.67. The SMILES string of the molecule is C=C1CN(C)c2cc(OCc3ccc(CNC(=O)CCCCCCCN)cc3)ccc2CC(CO)N1. The lowest BCUT2D eigenvalue weighted by Crippen LogP contribution is -2.40. The molecule has 1 aliphatic heterocycles. The van der Waals surface area contributed by atoms with Crippen LogP contribution in [0.4, 0.5) is 5.69 Å². The third kappa shape index (κ3) is 8.88. The summed E-state index contributed by atoms with van der Waals surface area (Å²) >= 11 is 0. The molecule has 0 fully saturated rings. The lowest BCUT2D eigenvalue weighted by molar-refractivity contribution is -0.121. The number of nitrogens with two attached hydrogens (primary N) is 1. The highest BCUT2D eigenvalue weighted by atomic mass is 16.5. The van der Waals surface area contributed by atoms with Gasteiger partial charge < -0.3 is 31.1 Å². The molecule has 7 heteroatoms. The Bertz CT molecular complexity index is 977. The second kappa shape index (κ2) is 14.5. The normalized spacial score (nSPS) is 15.5. The number of rotatable bonds is 13. The van der Waals surface area contributed by atoms with Crippen LogP contribution in [0.25, 0.3) is 0 Å². The molecule has 7 nitrogen and oxygen atoms in total. The van der Waals surface area contributed by atoms with E-state index >= 15 is 0 Å². The molecular formula is C29H42N4O3. The summed E-state index contributed by atoms with van der Waals surface area (Å²) in [6, 6.07) is 14.2. The van der Waals surface area contributed by atoms with Gasteiger partial charge in [0.25, 0.3) is 0 Å². The Morgan fingerprint density at radius 3 is 2.61 bits per heavy atom. The van der Waals surface area contributed by atoms with Gasteiger partial charge in [-0.3, -0.25) is 4.79 Å². The lowest BCUT2D eigenvalue weighted by Gasteiger charge is -2.31. The number of nitrogens with one attached hydrogen (secondary N) is 2. The summed E-state index contributed by atoms with van der Waals surface area (Å²) < 4.78 is 6.09. The van der Waals surface area contributed by atoms with E-state index in [0.29, 0.717) is 26.1 Å². The molecule has 0 radical (unpaired) electrons. The van der Waals surface area contributed by atoms with Crippen LogP contribution < -0.4 is 26.0 Å². The molecule has 1 aliphatic rings. The van der Waals surface area contributed by atoms with E-state index in [1.165, 1.54) is 5.56 Å². The smallest absolute Gasteiger partial charge is 0.220 e. The van der Waals surface area contributed by atoms with Crippen molar-refractivity contribution in [3.8, 4) is 5.75 Å². The van der Waals surface area contributed by atoms with Crippen molar-refractivity contribution in [2.24, 2.45) is 5.73 Å². The Hall–Kier alpha value is -3.03. The summed E-state index contributed by atoms with van der Waals surface area (Å²) in [6.45, 7) is 6.56. The molecule has 1 atom stereocenters. The van der Waals surface area contributed by atoms with Crippen LogP contribution in [-0.2, 0) is 24.4 Å². The number of unbranched alkanes of at least 4 members (excludes halogenated alkanes) is 4. The Kier molecular flexibility index (Phi) is 11.1. The lowest BCUT2D eigenvalue weighted by atomic mass is 10.0. The number of amides is 1. The van der Waals surface area contributed by atoms with Crippen molar-refractivity contribution in [3.05, 3.63) is 71.4 Å². The fourth-order valence-electron chi connectivity index (χ4n) is 4.46. The maximum absolute atomic E-state index is 12.1. The number of ether oxygens (including phenoxy) is 1. The minimum absolute atomic E-state index is 0.0357. The number of anilines is 1. The van der Waals surface area contributed by atoms with Crippen LogP contribution in [0.5, 0.6) is 5.75 Å². The van der Waals surface area contributed by atoms with E-state index in [2.05, 4.69) is 34.2 Å². The van der Waals surface area contributed by atoms with E-state index in [9.17, 15) is 9.90 Å². The summed E-state index contributed by atoms with van der Waals surface area (Å²) in [6.07, 6.45) is 6.68. The molecular weight excluding hydrogens is 452 g/mol. The first-order valence-electron chi connectivity index (χ1n) is 13.0. The second-order valence-corrected chi connectivity index (χ2v) is 9.67. The number of benzene rings is 2. The number of aliphatic hydroxyl groups excluding tert-OH is 1. The molecule has 1 amide bonds. The van der Waals surface area contributed by atoms with Crippen molar-refractivity contribution >= 4 is 11.6 Å². The molecule has 5 N–H and O–H groups in total. The minimum atomic E-state index is -0.0357. The summed E-state index contributed by atoms with van der Waals surface area (Å²) in [7, 11) is 2.04. The molecule has 0 aromatic heterocycles. The molecule has 3 rings (SSSR count). The Balaban J connectivity index is 1.46. The van der Waals surface area contributed by atoms with Gasteiger partial charge >= 0.3 is 0 Å². The summed E-state index contributed by atoms with van der Waals surface area (Å²) in [4.78, 5) is 14.2. The van der Waals surface area contributed by atoms with Gasteiger partial charge in [0, 0.05) is 37.5 Å². The van der Waals surface area contributed by atoms with E-state index in [4.69, 9.17) is 10.5 Å². The monoisotopic (exact) mass is 494 g/mol.